The van der Waals surface area contributed by atoms with Crippen molar-refractivity contribution in [1.29, 1.82) is 0 Å². The molecule has 0 heterocycles. The molecular weight excluding hydrogens is 261 g/mol. The molecule has 0 fully saturated rings. The van der Waals surface area contributed by atoms with E-state index in [1.165, 1.54) is 5.75 Å². The van der Waals surface area contributed by atoms with Crippen molar-refractivity contribution in [2.45, 2.75) is 59.3 Å². The van der Waals surface area contributed by atoms with Gasteiger partial charge in [0.15, 0.2) is 0 Å². The molecule has 1 atom stereocenters. The fraction of sp³-hybridized carbons (Fsp3) is 1.00. The SMILES string of the molecule is CC(C)N(C(C)C)P(OCCS(C)(C)C)C(C)C. The standard InChI is InChI=1S/C14H34NOPS/c1-12(2)15(13(3)4)17(14(5)6)16-10-11-18(7,8)9/h12-14H,10-11H2,1-9H3. The highest BCUT2D eigenvalue weighted by Gasteiger charge is 2.27. The molecule has 0 saturated carbocycles. The third-order valence-corrected chi connectivity index (χ3v) is 6.75. The fourth-order valence-electron chi connectivity index (χ4n) is 1.91. The van der Waals surface area contributed by atoms with Gasteiger partial charge in [0.1, 0.15) is 8.30 Å². The Bertz CT molecular complexity index is 218. The van der Waals surface area contributed by atoms with Gasteiger partial charge in [-0.25, -0.2) is 10.0 Å². The van der Waals surface area contributed by atoms with E-state index in [-0.39, 0.29) is 0 Å². The van der Waals surface area contributed by atoms with Crippen molar-refractivity contribution in [3.05, 3.63) is 0 Å². The molecule has 0 aliphatic carbocycles. The molecule has 0 radical (unpaired) electrons. The van der Waals surface area contributed by atoms with Crippen molar-refractivity contribution in [3.8, 4) is 0 Å². The van der Waals surface area contributed by atoms with Crippen LogP contribution in [0.15, 0.2) is 0 Å². The Morgan fingerprint density at radius 1 is 0.944 bits per heavy atom. The van der Waals surface area contributed by atoms with Crippen LogP contribution < -0.4 is 0 Å². The fourth-order valence-corrected chi connectivity index (χ4v) is 4.78. The minimum Gasteiger partial charge on any atom is -0.342 e. The van der Waals surface area contributed by atoms with Crippen LogP contribution in [0.5, 0.6) is 0 Å². The first-order valence-corrected chi connectivity index (χ1v) is 11.2. The summed E-state index contributed by atoms with van der Waals surface area (Å²) in [5.41, 5.74) is 0.597. The molecule has 0 aromatic rings. The van der Waals surface area contributed by atoms with E-state index in [9.17, 15) is 0 Å². The van der Waals surface area contributed by atoms with E-state index >= 15 is 0 Å². The second-order valence-corrected chi connectivity index (χ2v) is 13.5. The molecule has 0 aromatic heterocycles. The Kier molecular flexibility index (Phi) is 8.41. The van der Waals surface area contributed by atoms with E-state index in [0.717, 1.165) is 6.61 Å². The lowest BCUT2D eigenvalue weighted by atomic mass is 10.3. The van der Waals surface area contributed by atoms with Crippen LogP contribution in [0.25, 0.3) is 0 Å². The van der Waals surface area contributed by atoms with Crippen LogP contribution in [0.4, 0.5) is 0 Å². The monoisotopic (exact) mass is 295 g/mol. The van der Waals surface area contributed by atoms with Gasteiger partial charge in [-0.1, -0.05) is 13.8 Å². The van der Waals surface area contributed by atoms with Gasteiger partial charge >= 0.3 is 0 Å². The van der Waals surface area contributed by atoms with E-state index in [2.05, 4.69) is 65.0 Å². The summed E-state index contributed by atoms with van der Waals surface area (Å²) in [5.74, 6) is 1.21. The summed E-state index contributed by atoms with van der Waals surface area (Å²) < 4.78 is 8.83. The van der Waals surface area contributed by atoms with Crippen LogP contribution in [0.1, 0.15) is 41.5 Å². The quantitative estimate of drug-likeness (QED) is 0.610. The zero-order valence-electron chi connectivity index (χ0n) is 13.9. The molecule has 2 nitrogen and oxygen atoms in total. The first-order valence-electron chi connectivity index (χ1n) is 6.92. The molecule has 0 spiro atoms. The van der Waals surface area contributed by atoms with Gasteiger partial charge in [0.2, 0.25) is 0 Å². The smallest absolute Gasteiger partial charge is 0.107 e. The Morgan fingerprint density at radius 3 is 1.67 bits per heavy atom. The topological polar surface area (TPSA) is 12.5 Å². The molecule has 0 saturated heterocycles. The maximum Gasteiger partial charge on any atom is 0.107 e. The van der Waals surface area contributed by atoms with E-state index in [1.54, 1.807) is 0 Å². The van der Waals surface area contributed by atoms with Crippen LogP contribution in [-0.2, 0) is 4.52 Å². The molecule has 1 unspecified atom stereocenters. The summed E-state index contributed by atoms with van der Waals surface area (Å²) in [6.07, 6.45) is 7.07. The summed E-state index contributed by atoms with van der Waals surface area (Å²) in [7, 11) is -0.913. The summed E-state index contributed by atoms with van der Waals surface area (Å²) in [5, 5.41) is 0. The summed E-state index contributed by atoms with van der Waals surface area (Å²) in [4.78, 5) is 0. The Labute approximate surface area is 118 Å². The average molecular weight is 295 g/mol. The largest absolute Gasteiger partial charge is 0.342 e. The van der Waals surface area contributed by atoms with Crippen molar-refractivity contribution in [1.82, 2.24) is 4.67 Å². The minimum absolute atomic E-state index is 0.445. The Balaban J connectivity index is 4.55. The molecule has 0 bridgehead atoms. The molecule has 0 rings (SSSR count). The third kappa shape index (κ3) is 7.33. The number of rotatable bonds is 8. The maximum atomic E-state index is 6.28. The summed E-state index contributed by atoms with van der Waals surface area (Å²) in [6.45, 7) is 14.6. The van der Waals surface area contributed by atoms with Gasteiger partial charge in [-0.2, -0.15) is 0 Å². The van der Waals surface area contributed by atoms with Crippen LogP contribution in [-0.4, -0.2) is 53.5 Å². The van der Waals surface area contributed by atoms with Crippen LogP contribution in [0.3, 0.4) is 0 Å². The second-order valence-electron chi connectivity index (χ2n) is 6.59. The van der Waals surface area contributed by atoms with Crippen LogP contribution in [0.2, 0.25) is 0 Å². The molecule has 0 aromatic carbocycles. The second kappa shape index (κ2) is 8.09. The maximum absolute atomic E-state index is 6.28. The summed E-state index contributed by atoms with van der Waals surface area (Å²) >= 11 is 0. The van der Waals surface area contributed by atoms with Gasteiger partial charge in [0.25, 0.3) is 0 Å². The van der Waals surface area contributed by atoms with Crippen molar-refractivity contribution in [2.24, 2.45) is 0 Å². The lowest BCUT2D eigenvalue weighted by Crippen LogP contribution is -2.35. The predicted octanol–water partition coefficient (Wildman–Crippen LogP) is 4.54. The highest BCUT2D eigenvalue weighted by atomic mass is 32.3. The van der Waals surface area contributed by atoms with Gasteiger partial charge in [0.05, 0.1) is 6.61 Å². The molecular formula is C14H34NOPS. The lowest BCUT2D eigenvalue weighted by molar-refractivity contribution is 0.258. The normalized spacial score (nSPS) is 16.1. The molecule has 0 amide bonds. The summed E-state index contributed by atoms with van der Waals surface area (Å²) in [6, 6.07) is 1.11. The number of hydrogen-bond donors (Lipinski definition) is 0. The molecule has 18 heavy (non-hydrogen) atoms. The highest BCUT2D eigenvalue weighted by Crippen LogP contribution is 2.49. The Hall–Kier alpha value is 0.700. The van der Waals surface area contributed by atoms with Gasteiger partial charge in [-0.3, -0.25) is 4.67 Å². The van der Waals surface area contributed by atoms with Crippen molar-refractivity contribution >= 4 is 18.3 Å². The minimum atomic E-state index is -0.468. The molecule has 0 aliphatic rings. The van der Waals surface area contributed by atoms with Crippen molar-refractivity contribution in [3.63, 3.8) is 0 Å². The van der Waals surface area contributed by atoms with Gasteiger partial charge in [-0.15, -0.1) is 0 Å². The van der Waals surface area contributed by atoms with Crippen LogP contribution >= 0.6 is 18.3 Å². The molecule has 4 heteroatoms. The first-order chi connectivity index (χ1) is 8.06. The Morgan fingerprint density at radius 2 is 1.39 bits per heavy atom. The first kappa shape index (κ1) is 18.7. The number of nitrogens with zero attached hydrogens (tertiary/aromatic N) is 1. The lowest BCUT2D eigenvalue weighted by Gasteiger charge is -2.39. The van der Waals surface area contributed by atoms with Gasteiger partial charge in [-0.05, 0) is 46.5 Å². The molecule has 112 valence electrons. The number of hydrogen-bond acceptors (Lipinski definition) is 2. The van der Waals surface area contributed by atoms with E-state index in [4.69, 9.17) is 4.52 Å². The average Bonchev–Trinajstić information content (AvgIpc) is 2.12. The zero-order chi connectivity index (χ0) is 14.5. The molecule has 0 N–H and O–H groups in total. The van der Waals surface area contributed by atoms with Crippen LogP contribution in [0, 0.1) is 0 Å². The van der Waals surface area contributed by atoms with E-state index < -0.39 is 18.3 Å². The predicted molar refractivity (Wildman–Crippen MR) is 90.3 cm³/mol. The zero-order valence-corrected chi connectivity index (χ0v) is 15.6. The third-order valence-electron chi connectivity index (χ3n) is 2.65. The van der Waals surface area contributed by atoms with E-state index in [1.807, 2.05) is 0 Å². The van der Waals surface area contributed by atoms with Gasteiger partial charge in [0, 0.05) is 23.5 Å². The molecule has 0 aliphatic heterocycles. The van der Waals surface area contributed by atoms with Crippen molar-refractivity contribution < 1.29 is 4.52 Å². The van der Waals surface area contributed by atoms with E-state index in [0.29, 0.717) is 17.7 Å². The van der Waals surface area contributed by atoms with Gasteiger partial charge < -0.3 is 4.52 Å². The van der Waals surface area contributed by atoms with Crippen molar-refractivity contribution in [2.75, 3.05) is 31.1 Å². The highest BCUT2D eigenvalue weighted by molar-refractivity contribution is 8.32.